The number of rotatable bonds is 2. The van der Waals surface area contributed by atoms with Gasteiger partial charge < -0.3 is 5.73 Å². The summed E-state index contributed by atoms with van der Waals surface area (Å²) in [6, 6.07) is 4.47. The van der Waals surface area contributed by atoms with Crippen LogP contribution in [0.1, 0.15) is 18.4 Å². The fraction of sp³-hybridized carbons (Fsp3) is 0.545. The molecule has 17 heavy (non-hydrogen) atoms. The SMILES string of the molecule is Cl.Cl.Cl.NC1CCCN(Cc2cccnc2)C1. The molecule has 6 heteroatoms. The zero-order valence-electron chi connectivity index (χ0n) is 9.62. The lowest BCUT2D eigenvalue weighted by Gasteiger charge is -2.30. The molecule has 1 fully saturated rings. The van der Waals surface area contributed by atoms with Crippen LogP contribution in [-0.4, -0.2) is 29.0 Å². The third kappa shape index (κ3) is 6.43. The maximum atomic E-state index is 5.92. The van der Waals surface area contributed by atoms with Crippen molar-refractivity contribution in [2.45, 2.75) is 25.4 Å². The van der Waals surface area contributed by atoms with Crippen LogP contribution in [0.15, 0.2) is 24.5 Å². The summed E-state index contributed by atoms with van der Waals surface area (Å²) in [7, 11) is 0. The summed E-state index contributed by atoms with van der Waals surface area (Å²) >= 11 is 0. The molecule has 0 aromatic carbocycles. The second kappa shape index (κ2) is 9.92. The summed E-state index contributed by atoms with van der Waals surface area (Å²) < 4.78 is 0. The number of likely N-dealkylation sites (tertiary alicyclic amines) is 1. The molecule has 1 aromatic rings. The molecule has 0 saturated carbocycles. The summed E-state index contributed by atoms with van der Waals surface area (Å²) in [6.45, 7) is 3.18. The Morgan fingerprint density at radius 3 is 2.71 bits per heavy atom. The van der Waals surface area contributed by atoms with Gasteiger partial charge in [-0.25, -0.2) is 0 Å². The van der Waals surface area contributed by atoms with E-state index in [1.807, 2.05) is 18.5 Å². The maximum Gasteiger partial charge on any atom is 0.0312 e. The minimum Gasteiger partial charge on any atom is -0.327 e. The second-order valence-electron chi connectivity index (χ2n) is 4.00. The third-order valence-corrected chi connectivity index (χ3v) is 2.67. The Labute approximate surface area is 121 Å². The molecule has 0 bridgehead atoms. The predicted molar refractivity (Wildman–Crippen MR) is 78.5 cm³/mol. The number of hydrogen-bond acceptors (Lipinski definition) is 3. The molecule has 1 unspecified atom stereocenters. The van der Waals surface area contributed by atoms with Gasteiger partial charge in [-0.1, -0.05) is 6.07 Å². The standard InChI is InChI=1S/C11H17N3.3ClH/c12-11-4-2-6-14(9-11)8-10-3-1-5-13-7-10;;;/h1,3,5,7,11H,2,4,6,8-9,12H2;3*1H. The van der Waals surface area contributed by atoms with Gasteiger partial charge in [0.05, 0.1) is 0 Å². The Balaban J connectivity index is 0. The molecule has 2 heterocycles. The minimum absolute atomic E-state index is 0. The highest BCUT2D eigenvalue weighted by molar-refractivity contribution is 5.86. The van der Waals surface area contributed by atoms with Crippen LogP contribution in [0.3, 0.4) is 0 Å². The van der Waals surface area contributed by atoms with Gasteiger partial charge >= 0.3 is 0 Å². The minimum atomic E-state index is 0. The molecule has 0 spiro atoms. The summed E-state index contributed by atoms with van der Waals surface area (Å²) in [5.74, 6) is 0. The highest BCUT2D eigenvalue weighted by Crippen LogP contribution is 2.11. The Morgan fingerprint density at radius 1 is 1.35 bits per heavy atom. The average molecular weight is 301 g/mol. The summed E-state index contributed by atoms with van der Waals surface area (Å²) in [5, 5.41) is 0. The third-order valence-electron chi connectivity index (χ3n) is 2.67. The molecule has 1 aromatic heterocycles. The number of nitrogens with zero attached hydrogens (tertiary/aromatic N) is 2. The van der Waals surface area contributed by atoms with Gasteiger partial charge in [0.2, 0.25) is 0 Å². The molecular weight excluding hydrogens is 281 g/mol. The van der Waals surface area contributed by atoms with Gasteiger partial charge in [0.25, 0.3) is 0 Å². The number of halogens is 3. The van der Waals surface area contributed by atoms with Crippen molar-refractivity contribution >= 4 is 37.2 Å². The van der Waals surface area contributed by atoms with E-state index in [9.17, 15) is 0 Å². The molecule has 2 N–H and O–H groups in total. The fourth-order valence-corrected chi connectivity index (χ4v) is 1.98. The van der Waals surface area contributed by atoms with Crippen LogP contribution in [0, 0.1) is 0 Å². The van der Waals surface area contributed by atoms with Gasteiger partial charge in [-0.15, -0.1) is 37.2 Å². The van der Waals surface area contributed by atoms with E-state index in [0.29, 0.717) is 6.04 Å². The largest absolute Gasteiger partial charge is 0.327 e. The Kier molecular flexibility index (Phi) is 11.3. The first-order chi connectivity index (χ1) is 6.84. The topological polar surface area (TPSA) is 42.1 Å². The molecule has 0 aliphatic carbocycles. The van der Waals surface area contributed by atoms with Crippen LogP contribution in [0.25, 0.3) is 0 Å². The van der Waals surface area contributed by atoms with Crippen LogP contribution in [0.2, 0.25) is 0 Å². The van der Waals surface area contributed by atoms with Crippen molar-refractivity contribution in [1.29, 1.82) is 0 Å². The quantitative estimate of drug-likeness (QED) is 0.911. The monoisotopic (exact) mass is 299 g/mol. The van der Waals surface area contributed by atoms with Crippen molar-refractivity contribution in [2.75, 3.05) is 13.1 Å². The highest BCUT2D eigenvalue weighted by Gasteiger charge is 2.16. The number of nitrogens with two attached hydrogens (primary N) is 1. The Morgan fingerprint density at radius 2 is 2.12 bits per heavy atom. The molecule has 1 saturated heterocycles. The number of piperidine rings is 1. The van der Waals surface area contributed by atoms with Crippen molar-refractivity contribution < 1.29 is 0 Å². The van der Waals surface area contributed by atoms with E-state index >= 15 is 0 Å². The van der Waals surface area contributed by atoms with Crippen molar-refractivity contribution in [2.24, 2.45) is 5.73 Å². The molecule has 3 nitrogen and oxygen atoms in total. The second-order valence-corrected chi connectivity index (χ2v) is 4.00. The van der Waals surface area contributed by atoms with E-state index in [2.05, 4.69) is 16.0 Å². The van der Waals surface area contributed by atoms with E-state index in [-0.39, 0.29) is 37.2 Å². The molecule has 0 amide bonds. The molecule has 2 rings (SSSR count). The van der Waals surface area contributed by atoms with Crippen LogP contribution < -0.4 is 5.73 Å². The average Bonchev–Trinajstić information content (AvgIpc) is 2.19. The van der Waals surface area contributed by atoms with E-state index in [1.165, 1.54) is 24.9 Å². The number of aromatic nitrogens is 1. The van der Waals surface area contributed by atoms with Crippen molar-refractivity contribution in [3.63, 3.8) is 0 Å². The number of pyridine rings is 1. The Bertz CT molecular complexity index is 285. The van der Waals surface area contributed by atoms with Gasteiger partial charge in [-0.05, 0) is 31.0 Å². The summed E-state index contributed by atoms with van der Waals surface area (Å²) in [5.41, 5.74) is 7.20. The molecule has 1 aliphatic heterocycles. The van der Waals surface area contributed by atoms with Gasteiger partial charge in [0.15, 0.2) is 0 Å². The lowest BCUT2D eigenvalue weighted by molar-refractivity contribution is 0.201. The summed E-state index contributed by atoms with van der Waals surface area (Å²) in [4.78, 5) is 6.52. The van der Waals surface area contributed by atoms with Gasteiger partial charge in [0.1, 0.15) is 0 Å². The van der Waals surface area contributed by atoms with Gasteiger partial charge in [-0.3, -0.25) is 9.88 Å². The van der Waals surface area contributed by atoms with Crippen LogP contribution in [-0.2, 0) is 6.54 Å². The van der Waals surface area contributed by atoms with Gasteiger partial charge in [-0.2, -0.15) is 0 Å². The lowest BCUT2D eigenvalue weighted by atomic mass is 10.1. The fourth-order valence-electron chi connectivity index (χ4n) is 1.98. The molecule has 1 aliphatic rings. The normalized spacial score (nSPS) is 19.5. The van der Waals surface area contributed by atoms with E-state index in [1.54, 1.807) is 0 Å². The van der Waals surface area contributed by atoms with Crippen molar-refractivity contribution in [3.05, 3.63) is 30.1 Å². The van der Waals surface area contributed by atoms with E-state index < -0.39 is 0 Å². The van der Waals surface area contributed by atoms with Crippen LogP contribution in [0.5, 0.6) is 0 Å². The zero-order valence-corrected chi connectivity index (χ0v) is 12.1. The first-order valence-electron chi connectivity index (χ1n) is 5.21. The smallest absolute Gasteiger partial charge is 0.0312 e. The van der Waals surface area contributed by atoms with Crippen molar-refractivity contribution in [1.82, 2.24) is 9.88 Å². The number of hydrogen-bond donors (Lipinski definition) is 1. The van der Waals surface area contributed by atoms with Gasteiger partial charge in [0, 0.05) is 31.5 Å². The predicted octanol–water partition coefficient (Wildman–Crippen LogP) is 2.27. The van der Waals surface area contributed by atoms with E-state index in [0.717, 1.165) is 13.1 Å². The van der Waals surface area contributed by atoms with Crippen LogP contribution in [0.4, 0.5) is 0 Å². The van der Waals surface area contributed by atoms with Crippen molar-refractivity contribution in [3.8, 4) is 0 Å². The molecule has 0 radical (unpaired) electrons. The van der Waals surface area contributed by atoms with Crippen LogP contribution >= 0.6 is 37.2 Å². The molecule has 1 atom stereocenters. The molecule has 100 valence electrons. The Hall–Kier alpha value is -0.0600. The first kappa shape index (κ1) is 19.3. The zero-order chi connectivity index (χ0) is 9.80. The highest BCUT2D eigenvalue weighted by atomic mass is 35.5. The molecular formula is C11H20Cl3N3. The lowest BCUT2D eigenvalue weighted by Crippen LogP contribution is -2.42. The van der Waals surface area contributed by atoms with E-state index in [4.69, 9.17) is 5.73 Å². The maximum absolute atomic E-state index is 5.92. The summed E-state index contributed by atoms with van der Waals surface area (Å²) in [6.07, 6.45) is 6.14. The first-order valence-corrected chi connectivity index (χ1v) is 5.21.